The number of nitrogens with one attached hydrogen (secondary N) is 1. The van der Waals surface area contributed by atoms with E-state index in [0.717, 1.165) is 33.7 Å². The number of rotatable bonds is 5. The number of benzene rings is 1. The normalized spacial score (nSPS) is 17.8. The number of anilines is 2. The molecule has 2 aromatic heterocycles. The minimum atomic E-state index is -0.231. The van der Waals surface area contributed by atoms with Gasteiger partial charge in [0.05, 0.1) is 4.88 Å². The van der Waals surface area contributed by atoms with Crippen LogP contribution in [0.4, 0.5) is 15.3 Å². The van der Waals surface area contributed by atoms with E-state index in [0.29, 0.717) is 0 Å². The molecule has 0 spiro atoms. The van der Waals surface area contributed by atoms with Crippen LogP contribution in [0.5, 0.6) is 0 Å². The number of aromatic nitrogens is 2. The van der Waals surface area contributed by atoms with Crippen molar-refractivity contribution in [2.45, 2.75) is 19.3 Å². The Morgan fingerprint density at radius 2 is 2.00 bits per heavy atom. The Bertz CT molecular complexity index is 876. The van der Waals surface area contributed by atoms with Crippen LogP contribution < -0.4 is 5.32 Å². The van der Waals surface area contributed by atoms with Gasteiger partial charge in [0, 0.05) is 18.9 Å². The lowest BCUT2D eigenvalue weighted by molar-refractivity contribution is 0.209. The van der Waals surface area contributed by atoms with Gasteiger partial charge >= 0.3 is 0 Å². The fourth-order valence-corrected chi connectivity index (χ4v) is 4.41. The molecule has 0 saturated carbocycles. The number of likely N-dealkylation sites (tertiary alicyclic amines) is 1. The molecule has 0 amide bonds. The SMILES string of the molecule is CN1CCC[C@H](Cc2ccc(Nc3ncc(-c4ccc(F)cc4)s3)nc2)C1. The van der Waals surface area contributed by atoms with E-state index in [2.05, 4.69) is 33.3 Å². The Morgan fingerprint density at radius 3 is 2.74 bits per heavy atom. The lowest BCUT2D eigenvalue weighted by atomic mass is 9.92. The highest BCUT2D eigenvalue weighted by Crippen LogP contribution is 2.30. The van der Waals surface area contributed by atoms with Crippen LogP contribution >= 0.6 is 11.3 Å². The Balaban J connectivity index is 1.38. The molecule has 4 nitrogen and oxygen atoms in total. The van der Waals surface area contributed by atoms with Gasteiger partial charge in [0.1, 0.15) is 11.6 Å². The van der Waals surface area contributed by atoms with Crippen molar-refractivity contribution in [3.63, 3.8) is 0 Å². The van der Waals surface area contributed by atoms with Gasteiger partial charge in [0.25, 0.3) is 0 Å². The molecule has 1 fully saturated rings. The molecule has 3 heterocycles. The van der Waals surface area contributed by atoms with Crippen molar-refractivity contribution in [1.82, 2.24) is 14.9 Å². The second-order valence-electron chi connectivity index (χ2n) is 7.19. The summed E-state index contributed by atoms with van der Waals surface area (Å²) in [6, 6.07) is 10.6. The Hall–Kier alpha value is -2.31. The maximum absolute atomic E-state index is 13.1. The molecule has 0 bridgehead atoms. The van der Waals surface area contributed by atoms with Gasteiger partial charge in [-0.25, -0.2) is 14.4 Å². The van der Waals surface area contributed by atoms with Crippen LogP contribution in [0, 0.1) is 11.7 Å². The van der Waals surface area contributed by atoms with Gasteiger partial charge in [-0.1, -0.05) is 29.5 Å². The highest BCUT2D eigenvalue weighted by atomic mass is 32.1. The topological polar surface area (TPSA) is 41.0 Å². The summed E-state index contributed by atoms with van der Waals surface area (Å²) >= 11 is 1.53. The molecule has 0 aliphatic carbocycles. The van der Waals surface area contributed by atoms with Crippen molar-refractivity contribution in [2.24, 2.45) is 5.92 Å². The fourth-order valence-electron chi connectivity index (χ4n) is 3.58. The quantitative estimate of drug-likeness (QED) is 0.676. The Morgan fingerprint density at radius 1 is 1.15 bits per heavy atom. The average Bonchev–Trinajstić information content (AvgIpc) is 3.12. The Kier molecular flexibility index (Phi) is 5.45. The molecule has 1 aliphatic rings. The fraction of sp³-hybridized carbons (Fsp3) is 0.333. The molecule has 27 heavy (non-hydrogen) atoms. The monoisotopic (exact) mass is 382 g/mol. The van der Waals surface area contributed by atoms with E-state index >= 15 is 0 Å². The molecule has 4 rings (SSSR count). The van der Waals surface area contributed by atoms with Gasteiger partial charge in [0.15, 0.2) is 5.13 Å². The van der Waals surface area contributed by atoms with Crippen LogP contribution in [-0.2, 0) is 6.42 Å². The minimum absolute atomic E-state index is 0.231. The summed E-state index contributed by atoms with van der Waals surface area (Å²) in [6.07, 6.45) is 7.44. The molecule has 1 N–H and O–H groups in total. The predicted octanol–water partition coefficient (Wildman–Crippen LogP) is 4.97. The maximum atomic E-state index is 13.1. The standard InChI is InChI=1S/C21H23FN4S/c1-26-10-2-3-16(14-26)11-15-4-9-20(23-12-15)25-21-24-13-19(27-21)17-5-7-18(22)8-6-17/h4-9,12-13,16H,2-3,10-11,14H2,1H3,(H,23,24,25)/t16-/m1/s1. The summed E-state index contributed by atoms with van der Waals surface area (Å²) in [7, 11) is 2.20. The second-order valence-corrected chi connectivity index (χ2v) is 8.22. The smallest absolute Gasteiger partial charge is 0.188 e. The van der Waals surface area contributed by atoms with Gasteiger partial charge in [-0.05, 0) is 68.1 Å². The molecule has 0 unspecified atom stereocenters. The third-order valence-electron chi connectivity index (χ3n) is 4.94. The summed E-state index contributed by atoms with van der Waals surface area (Å²) in [6.45, 7) is 2.39. The highest BCUT2D eigenvalue weighted by Gasteiger charge is 2.17. The van der Waals surface area contributed by atoms with Gasteiger partial charge in [-0.3, -0.25) is 0 Å². The second kappa shape index (κ2) is 8.15. The van der Waals surface area contributed by atoms with Gasteiger partial charge in [0.2, 0.25) is 0 Å². The molecular formula is C21H23FN4S. The first-order valence-corrected chi connectivity index (χ1v) is 10.1. The molecule has 140 valence electrons. The van der Waals surface area contributed by atoms with Gasteiger partial charge in [-0.2, -0.15) is 0 Å². The van der Waals surface area contributed by atoms with Crippen LogP contribution in [0.25, 0.3) is 10.4 Å². The number of hydrogen-bond donors (Lipinski definition) is 1. The van der Waals surface area contributed by atoms with Crippen molar-refractivity contribution >= 4 is 22.3 Å². The Labute approximate surface area is 163 Å². The van der Waals surface area contributed by atoms with E-state index in [1.165, 1.54) is 55.0 Å². The van der Waals surface area contributed by atoms with Crippen LogP contribution in [0.2, 0.25) is 0 Å². The highest BCUT2D eigenvalue weighted by molar-refractivity contribution is 7.18. The summed E-state index contributed by atoms with van der Waals surface area (Å²) in [5.41, 5.74) is 2.25. The number of piperidine rings is 1. The molecular weight excluding hydrogens is 359 g/mol. The van der Waals surface area contributed by atoms with Crippen molar-refractivity contribution in [3.05, 3.63) is 60.2 Å². The summed E-state index contributed by atoms with van der Waals surface area (Å²) in [4.78, 5) is 12.4. The van der Waals surface area contributed by atoms with Crippen LogP contribution in [0.15, 0.2) is 48.8 Å². The zero-order valence-corrected chi connectivity index (χ0v) is 16.2. The molecule has 1 aliphatic heterocycles. The third kappa shape index (κ3) is 4.70. The van der Waals surface area contributed by atoms with Crippen molar-refractivity contribution in [2.75, 3.05) is 25.5 Å². The number of nitrogens with zero attached hydrogens (tertiary/aromatic N) is 3. The number of thiazole rings is 1. The van der Waals surface area contributed by atoms with E-state index in [4.69, 9.17) is 0 Å². The zero-order valence-electron chi connectivity index (χ0n) is 15.4. The van der Waals surface area contributed by atoms with Crippen LogP contribution in [0.3, 0.4) is 0 Å². The van der Waals surface area contributed by atoms with Crippen molar-refractivity contribution in [1.29, 1.82) is 0 Å². The van der Waals surface area contributed by atoms with Crippen molar-refractivity contribution in [3.8, 4) is 10.4 Å². The molecule has 1 saturated heterocycles. The zero-order chi connectivity index (χ0) is 18.6. The lowest BCUT2D eigenvalue weighted by Crippen LogP contribution is -2.32. The maximum Gasteiger partial charge on any atom is 0.188 e. The number of hydrogen-bond acceptors (Lipinski definition) is 5. The van der Waals surface area contributed by atoms with Crippen LogP contribution in [-0.4, -0.2) is 35.0 Å². The van der Waals surface area contributed by atoms with E-state index in [-0.39, 0.29) is 5.82 Å². The lowest BCUT2D eigenvalue weighted by Gasteiger charge is -2.29. The summed E-state index contributed by atoms with van der Waals surface area (Å²) in [5, 5.41) is 4.04. The molecule has 3 aromatic rings. The largest absolute Gasteiger partial charge is 0.316 e. The number of halogens is 1. The van der Waals surface area contributed by atoms with Crippen molar-refractivity contribution < 1.29 is 4.39 Å². The molecule has 1 aromatic carbocycles. The first kappa shape index (κ1) is 18.1. The summed E-state index contributed by atoms with van der Waals surface area (Å²) in [5.74, 6) is 1.28. The third-order valence-corrected chi connectivity index (χ3v) is 5.90. The minimum Gasteiger partial charge on any atom is -0.316 e. The van der Waals surface area contributed by atoms with Gasteiger partial charge < -0.3 is 10.2 Å². The van der Waals surface area contributed by atoms with E-state index in [9.17, 15) is 4.39 Å². The van der Waals surface area contributed by atoms with E-state index in [1.54, 1.807) is 18.3 Å². The van der Waals surface area contributed by atoms with E-state index in [1.807, 2.05) is 12.3 Å². The van der Waals surface area contributed by atoms with Crippen LogP contribution in [0.1, 0.15) is 18.4 Å². The van der Waals surface area contributed by atoms with Gasteiger partial charge in [-0.15, -0.1) is 0 Å². The average molecular weight is 383 g/mol. The first-order valence-electron chi connectivity index (χ1n) is 9.28. The first-order chi connectivity index (χ1) is 13.2. The molecule has 0 radical (unpaired) electrons. The molecule has 6 heteroatoms. The molecule has 1 atom stereocenters. The predicted molar refractivity (Wildman–Crippen MR) is 109 cm³/mol. The van der Waals surface area contributed by atoms with E-state index < -0.39 is 0 Å². The summed E-state index contributed by atoms with van der Waals surface area (Å²) < 4.78 is 13.1. The number of pyridine rings is 1.